The van der Waals surface area contributed by atoms with Crippen molar-refractivity contribution in [2.75, 3.05) is 6.54 Å². The van der Waals surface area contributed by atoms with Crippen molar-refractivity contribution in [2.45, 2.75) is 25.6 Å². The molecule has 0 radical (unpaired) electrons. The van der Waals surface area contributed by atoms with Crippen molar-refractivity contribution < 1.29 is 14.3 Å². The monoisotopic (exact) mass is 337 g/mol. The minimum atomic E-state index is -0.662. The molecule has 4 rings (SSSR count). The Morgan fingerprint density at radius 2 is 1.84 bits per heavy atom. The number of imidazole rings is 1. The minimum Gasteiger partial charge on any atom is -0.482 e. The van der Waals surface area contributed by atoms with Crippen molar-refractivity contribution in [3.05, 3.63) is 54.4 Å². The van der Waals surface area contributed by atoms with Crippen LogP contribution in [0.5, 0.6) is 11.5 Å². The van der Waals surface area contributed by atoms with Crippen LogP contribution in [0.1, 0.15) is 12.7 Å². The second-order valence-electron chi connectivity index (χ2n) is 6.05. The Labute approximate surface area is 145 Å². The lowest BCUT2D eigenvalue weighted by atomic mass is 10.1. The number of aromatic amines is 1. The molecule has 1 aliphatic rings. The molecule has 0 aliphatic carbocycles. The van der Waals surface area contributed by atoms with Crippen LogP contribution in [0.4, 0.5) is 0 Å². The maximum atomic E-state index is 12.4. The lowest BCUT2D eigenvalue weighted by Crippen LogP contribution is -2.49. The average molecular weight is 337 g/mol. The van der Waals surface area contributed by atoms with Crippen LogP contribution >= 0.6 is 0 Å². The quantitative estimate of drug-likeness (QED) is 0.767. The fraction of sp³-hybridized carbons (Fsp3) is 0.263. The molecule has 0 bridgehead atoms. The van der Waals surface area contributed by atoms with Crippen LogP contribution < -0.4 is 14.8 Å². The lowest BCUT2D eigenvalue weighted by Gasteiger charge is -2.30. The molecule has 0 saturated heterocycles. The number of benzene rings is 2. The van der Waals surface area contributed by atoms with Crippen LogP contribution in [-0.2, 0) is 11.2 Å². The highest BCUT2D eigenvalue weighted by Crippen LogP contribution is 2.33. The molecule has 6 heteroatoms. The fourth-order valence-electron chi connectivity index (χ4n) is 2.93. The Morgan fingerprint density at radius 3 is 2.64 bits per heavy atom. The van der Waals surface area contributed by atoms with E-state index in [0.29, 0.717) is 24.5 Å². The first kappa shape index (κ1) is 15.5. The average Bonchev–Trinajstić information content (AvgIpc) is 3.03. The number of rotatable bonds is 4. The Kier molecular flexibility index (Phi) is 4.01. The van der Waals surface area contributed by atoms with Crippen LogP contribution in [0.3, 0.4) is 0 Å². The zero-order valence-corrected chi connectivity index (χ0v) is 13.9. The second-order valence-corrected chi connectivity index (χ2v) is 6.05. The van der Waals surface area contributed by atoms with E-state index in [1.165, 1.54) is 0 Å². The van der Waals surface area contributed by atoms with E-state index in [1.54, 1.807) is 6.07 Å². The van der Waals surface area contributed by atoms with Crippen LogP contribution in [0.25, 0.3) is 11.0 Å². The van der Waals surface area contributed by atoms with Gasteiger partial charge in [0.15, 0.2) is 11.5 Å². The summed E-state index contributed by atoms with van der Waals surface area (Å²) in [6.45, 7) is 2.31. The van der Waals surface area contributed by atoms with Crippen molar-refractivity contribution >= 4 is 16.9 Å². The van der Waals surface area contributed by atoms with E-state index < -0.39 is 6.10 Å². The molecule has 128 valence electrons. The van der Waals surface area contributed by atoms with Gasteiger partial charge < -0.3 is 19.8 Å². The lowest BCUT2D eigenvalue weighted by molar-refractivity contribution is -0.133. The van der Waals surface area contributed by atoms with Crippen LogP contribution in [0.15, 0.2) is 48.5 Å². The maximum absolute atomic E-state index is 12.4. The number of aromatic nitrogens is 2. The Hall–Kier alpha value is -3.02. The number of nitrogens with zero attached hydrogens (tertiary/aromatic N) is 1. The Morgan fingerprint density at radius 1 is 1.12 bits per heavy atom. The highest BCUT2D eigenvalue weighted by Gasteiger charge is 2.33. The van der Waals surface area contributed by atoms with E-state index >= 15 is 0 Å². The zero-order valence-electron chi connectivity index (χ0n) is 13.9. The van der Waals surface area contributed by atoms with Gasteiger partial charge in [-0.3, -0.25) is 4.79 Å². The van der Waals surface area contributed by atoms with Gasteiger partial charge in [-0.2, -0.15) is 0 Å². The summed E-state index contributed by atoms with van der Waals surface area (Å²) in [6, 6.07) is 15.2. The Balaban J connectivity index is 1.36. The van der Waals surface area contributed by atoms with Crippen LogP contribution in [0.2, 0.25) is 0 Å². The fourth-order valence-corrected chi connectivity index (χ4v) is 2.93. The minimum absolute atomic E-state index is 0.182. The van der Waals surface area contributed by atoms with Gasteiger partial charge in [0.25, 0.3) is 5.91 Å². The first-order chi connectivity index (χ1) is 12.2. The number of para-hydroxylation sites is 4. The predicted molar refractivity (Wildman–Crippen MR) is 93.8 cm³/mol. The molecular formula is C19H19N3O3. The zero-order chi connectivity index (χ0) is 17.2. The third-order valence-corrected chi connectivity index (χ3v) is 4.20. The van der Waals surface area contributed by atoms with Gasteiger partial charge in [-0.1, -0.05) is 24.3 Å². The summed E-state index contributed by atoms with van der Waals surface area (Å²) in [5, 5.41) is 2.90. The first-order valence-corrected chi connectivity index (χ1v) is 8.34. The van der Waals surface area contributed by atoms with Gasteiger partial charge in [0.1, 0.15) is 11.9 Å². The highest BCUT2D eigenvalue weighted by atomic mass is 16.6. The number of fused-ring (bicyclic) bond motifs is 2. The number of hydrogen-bond donors (Lipinski definition) is 2. The van der Waals surface area contributed by atoms with E-state index in [9.17, 15) is 4.79 Å². The van der Waals surface area contributed by atoms with Crippen LogP contribution in [0, 0.1) is 0 Å². The number of ether oxygens (including phenoxy) is 2. The van der Waals surface area contributed by atoms with E-state index in [2.05, 4.69) is 15.3 Å². The molecule has 0 fully saturated rings. The number of nitrogens with one attached hydrogen (secondary N) is 2. The standard InChI is InChI=1S/C19H19N3O3/c1-12-18(25-16-9-5-4-8-15(16)24-12)19(23)20-11-10-17-21-13-6-2-3-7-14(13)22-17/h2-9,12,18H,10-11H2,1H3,(H,20,23)(H,21,22)/t12-,18+/m0/s1. The summed E-state index contributed by atoms with van der Waals surface area (Å²) in [6.07, 6.45) is -0.384. The summed E-state index contributed by atoms with van der Waals surface area (Å²) in [7, 11) is 0. The maximum Gasteiger partial charge on any atom is 0.265 e. The SMILES string of the molecule is C[C@@H]1Oc2ccccc2O[C@H]1C(=O)NCCc1nc2ccccc2[nH]1. The molecule has 6 nitrogen and oxygen atoms in total. The summed E-state index contributed by atoms with van der Waals surface area (Å²) in [5.41, 5.74) is 1.93. The van der Waals surface area contributed by atoms with Gasteiger partial charge in [0.05, 0.1) is 11.0 Å². The molecule has 3 aromatic rings. The van der Waals surface area contributed by atoms with Crippen molar-refractivity contribution in [3.63, 3.8) is 0 Å². The molecule has 1 aromatic heterocycles. The molecule has 2 aromatic carbocycles. The topological polar surface area (TPSA) is 76.2 Å². The molecule has 0 unspecified atom stereocenters. The number of carbonyl (C=O) groups excluding carboxylic acids is 1. The molecule has 2 N–H and O–H groups in total. The number of hydrogen-bond acceptors (Lipinski definition) is 4. The summed E-state index contributed by atoms with van der Waals surface area (Å²) >= 11 is 0. The number of H-pyrrole nitrogens is 1. The van der Waals surface area contributed by atoms with Crippen molar-refractivity contribution in [1.29, 1.82) is 0 Å². The van der Waals surface area contributed by atoms with Crippen molar-refractivity contribution in [3.8, 4) is 11.5 Å². The largest absolute Gasteiger partial charge is 0.482 e. The summed E-state index contributed by atoms with van der Waals surface area (Å²) < 4.78 is 11.6. The number of amides is 1. The van der Waals surface area contributed by atoms with Gasteiger partial charge in [0, 0.05) is 13.0 Å². The molecule has 0 spiro atoms. The van der Waals surface area contributed by atoms with E-state index in [1.807, 2.05) is 49.4 Å². The van der Waals surface area contributed by atoms with Crippen molar-refractivity contribution in [2.24, 2.45) is 0 Å². The Bertz CT molecular complexity index is 873. The van der Waals surface area contributed by atoms with Gasteiger partial charge >= 0.3 is 0 Å². The van der Waals surface area contributed by atoms with Crippen molar-refractivity contribution in [1.82, 2.24) is 15.3 Å². The molecule has 2 heterocycles. The highest BCUT2D eigenvalue weighted by molar-refractivity contribution is 5.82. The molecule has 25 heavy (non-hydrogen) atoms. The van der Waals surface area contributed by atoms with E-state index in [4.69, 9.17) is 9.47 Å². The normalized spacial score (nSPS) is 18.9. The smallest absolute Gasteiger partial charge is 0.265 e. The predicted octanol–water partition coefficient (Wildman–Crippen LogP) is 2.45. The molecule has 0 saturated carbocycles. The first-order valence-electron chi connectivity index (χ1n) is 8.34. The summed E-state index contributed by atoms with van der Waals surface area (Å²) in [5.74, 6) is 1.93. The third kappa shape index (κ3) is 3.15. The van der Waals surface area contributed by atoms with Gasteiger partial charge in [-0.25, -0.2) is 4.98 Å². The molecule has 2 atom stereocenters. The van der Waals surface area contributed by atoms with Gasteiger partial charge in [0.2, 0.25) is 6.10 Å². The number of carbonyl (C=O) groups is 1. The van der Waals surface area contributed by atoms with E-state index in [-0.39, 0.29) is 12.0 Å². The molecule has 1 aliphatic heterocycles. The van der Waals surface area contributed by atoms with Gasteiger partial charge in [-0.05, 0) is 31.2 Å². The van der Waals surface area contributed by atoms with E-state index in [0.717, 1.165) is 16.9 Å². The molecular weight excluding hydrogens is 318 g/mol. The van der Waals surface area contributed by atoms with Gasteiger partial charge in [-0.15, -0.1) is 0 Å². The third-order valence-electron chi connectivity index (χ3n) is 4.20. The van der Waals surface area contributed by atoms with Crippen LogP contribution in [-0.4, -0.2) is 34.6 Å². The second kappa shape index (κ2) is 6.47. The summed E-state index contributed by atoms with van der Waals surface area (Å²) in [4.78, 5) is 20.2. The molecule has 1 amide bonds.